The third-order valence-electron chi connectivity index (χ3n) is 6.71. The molecule has 0 saturated heterocycles. The fourth-order valence-electron chi connectivity index (χ4n) is 3.93. The molecular formula is C28H40N6O10S2. The van der Waals surface area contributed by atoms with Crippen molar-refractivity contribution >= 4 is 73.0 Å². The van der Waals surface area contributed by atoms with Crippen LogP contribution in [0.3, 0.4) is 0 Å². The number of nitrogens with one attached hydrogen (secondary N) is 5. The van der Waals surface area contributed by atoms with Gasteiger partial charge in [0.05, 0.1) is 6.42 Å². The van der Waals surface area contributed by atoms with Crippen LogP contribution in [0.25, 0.3) is 0 Å². The maximum atomic E-state index is 13.4. The minimum atomic E-state index is -1.90. The van der Waals surface area contributed by atoms with Crippen molar-refractivity contribution in [2.24, 2.45) is 11.7 Å². The summed E-state index contributed by atoms with van der Waals surface area (Å²) >= 11 is 7.85. The monoisotopic (exact) mass is 684 g/mol. The molecule has 0 heterocycles. The van der Waals surface area contributed by atoms with Gasteiger partial charge in [0, 0.05) is 18.6 Å². The quantitative estimate of drug-likeness (QED) is 0.0403. The Morgan fingerprint density at radius 2 is 1.43 bits per heavy atom. The van der Waals surface area contributed by atoms with E-state index in [1.54, 1.807) is 26.0 Å². The zero-order chi connectivity index (χ0) is 35.0. The predicted octanol–water partition coefficient (Wildman–Crippen LogP) is -2.19. The van der Waals surface area contributed by atoms with E-state index >= 15 is 0 Å². The van der Waals surface area contributed by atoms with Crippen molar-refractivity contribution in [1.82, 2.24) is 26.6 Å². The summed E-state index contributed by atoms with van der Waals surface area (Å²) in [6.07, 6.45) is -0.335. The van der Waals surface area contributed by atoms with Gasteiger partial charge in [-0.15, -0.1) is 0 Å². The zero-order valence-electron chi connectivity index (χ0n) is 25.2. The van der Waals surface area contributed by atoms with Crippen LogP contribution >= 0.6 is 25.3 Å². The highest BCUT2D eigenvalue weighted by Crippen LogP contribution is 2.13. The minimum absolute atomic E-state index is 0.00208. The number of aromatic hydroxyl groups is 1. The van der Waals surface area contributed by atoms with Crippen molar-refractivity contribution in [3.63, 3.8) is 0 Å². The van der Waals surface area contributed by atoms with Gasteiger partial charge in [-0.2, -0.15) is 25.3 Å². The van der Waals surface area contributed by atoms with Gasteiger partial charge >= 0.3 is 5.97 Å². The second kappa shape index (κ2) is 19.9. The molecule has 1 aromatic carbocycles. The number of carboxylic acid groups (broad SMARTS) is 1. The second-order valence-corrected chi connectivity index (χ2v) is 11.1. The predicted molar refractivity (Wildman–Crippen MR) is 171 cm³/mol. The van der Waals surface area contributed by atoms with Gasteiger partial charge in [0.15, 0.2) is 12.3 Å². The second-order valence-electron chi connectivity index (χ2n) is 10.3. The van der Waals surface area contributed by atoms with Gasteiger partial charge in [-0.25, -0.2) is 4.79 Å². The number of phenols is 1. The molecule has 0 spiro atoms. The van der Waals surface area contributed by atoms with Gasteiger partial charge < -0.3 is 47.3 Å². The minimum Gasteiger partial charge on any atom is -0.508 e. The lowest BCUT2D eigenvalue weighted by Crippen LogP contribution is -2.60. The summed E-state index contributed by atoms with van der Waals surface area (Å²) in [6, 6.07) is -1.60. The van der Waals surface area contributed by atoms with Crippen LogP contribution in [0, 0.1) is 5.92 Å². The molecule has 0 unspecified atom stereocenters. The average Bonchev–Trinajstić information content (AvgIpc) is 3.00. The molecule has 0 aliphatic carbocycles. The molecule has 9 N–H and O–H groups in total. The molecule has 0 aliphatic heterocycles. The number of carbonyl (C=O) groups is 8. The molecule has 0 fully saturated rings. The summed E-state index contributed by atoms with van der Waals surface area (Å²) in [5.41, 5.74) is 5.75. The summed E-state index contributed by atoms with van der Waals surface area (Å²) in [7, 11) is 0. The molecule has 1 aromatic rings. The van der Waals surface area contributed by atoms with Crippen LogP contribution in [0.15, 0.2) is 24.3 Å². The van der Waals surface area contributed by atoms with E-state index in [2.05, 4.69) is 51.8 Å². The van der Waals surface area contributed by atoms with Gasteiger partial charge in [0.25, 0.3) is 5.91 Å². The largest absolute Gasteiger partial charge is 0.508 e. The number of primary amides is 1. The van der Waals surface area contributed by atoms with Crippen molar-refractivity contribution < 1.29 is 48.6 Å². The van der Waals surface area contributed by atoms with Crippen molar-refractivity contribution in [1.29, 1.82) is 0 Å². The Bertz CT molecular complexity index is 1270. The van der Waals surface area contributed by atoms with Gasteiger partial charge in [0.2, 0.25) is 29.5 Å². The fraction of sp³-hybridized carbons (Fsp3) is 0.500. The number of nitrogens with two attached hydrogens (primary N) is 1. The third kappa shape index (κ3) is 13.4. The number of carboxylic acids is 1. The Morgan fingerprint density at radius 1 is 0.848 bits per heavy atom. The SMILES string of the molecule is CC[C@H](C)[C@H](NC(=O)[C@H](Cc1ccc(O)cc1)NC(=O)CCS)C(=O)N[C@@H](C=O)C(=O)N[C@@H](CC(N)=O)C(=O)N[C@@H](CS)C(=O)O. The summed E-state index contributed by atoms with van der Waals surface area (Å²) in [4.78, 5) is 99.3. The summed E-state index contributed by atoms with van der Waals surface area (Å²) in [5.74, 6) is -7.61. The van der Waals surface area contributed by atoms with Gasteiger partial charge in [0.1, 0.15) is 29.9 Å². The summed E-state index contributed by atoms with van der Waals surface area (Å²) in [6.45, 7) is 3.36. The van der Waals surface area contributed by atoms with E-state index in [1.807, 2.05) is 0 Å². The summed E-state index contributed by atoms with van der Waals surface area (Å²) < 4.78 is 0. The van der Waals surface area contributed by atoms with Crippen LogP contribution in [-0.2, 0) is 44.8 Å². The lowest BCUT2D eigenvalue weighted by molar-refractivity contribution is -0.141. The number of amides is 6. The van der Waals surface area contributed by atoms with E-state index in [0.29, 0.717) is 12.0 Å². The van der Waals surface area contributed by atoms with E-state index < -0.39 is 84.0 Å². The number of phenolic OH excluding ortho intramolecular Hbond substituents is 1. The normalized spacial score (nSPS) is 14.6. The number of benzene rings is 1. The van der Waals surface area contributed by atoms with Gasteiger partial charge in [-0.1, -0.05) is 32.4 Å². The Hall–Kier alpha value is -4.32. The van der Waals surface area contributed by atoms with E-state index in [9.17, 15) is 43.5 Å². The topological polar surface area (TPSA) is 263 Å². The molecule has 0 saturated carbocycles. The number of thiol groups is 2. The first kappa shape index (κ1) is 39.7. The Labute approximate surface area is 276 Å². The van der Waals surface area contributed by atoms with Gasteiger partial charge in [-0.3, -0.25) is 28.8 Å². The molecule has 0 aromatic heterocycles. The number of hydrogen-bond donors (Lipinski definition) is 10. The highest BCUT2D eigenvalue weighted by molar-refractivity contribution is 7.80. The Morgan fingerprint density at radius 3 is 1.93 bits per heavy atom. The smallest absolute Gasteiger partial charge is 0.327 e. The molecule has 0 radical (unpaired) electrons. The highest BCUT2D eigenvalue weighted by atomic mass is 32.1. The van der Waals surface area contributed by atoms with Crippen molar-refractivity contribution in [3.8, 4) is 5.75 Å². The first-order valence-electron chi connectivity index (χ1n) is 14.1. The number of carbonyl (C=O) groups excluding carboxylic acids is 7. The molecule has 254 valence electrons. The van der Waals surface area contributed by atoms with Crippen LogP contribution in [0.2, 0.25) is 0 Å². The molecule has 18 heteroatoms. The van der Waals surface area contributed by atoms with E-state index in [0.717, 1.165) is 0 Å². The molecule has 16 nitrogen and oxygen atoms in total. The van der Waals surface area contributed by atoms with Crippen molar-refractivity contribution in [2.45, 2.75) is 69.7 Å². The van der Waals surface area contributed by atoms with Crippen LogP contribution in [-0.4, -0.2) is 99.6 Å². The zero-order valence-corrected chi connectivity index (χ0v) is 27.0. The van der Waals surface area contributed by atoms with E-state index in [4.69, 9.17) is 10.8 Å². The Kier molecular flexibility index (Phi) is 17.2. The van der Waals surface area contributed by atoms with E-state index in [1.165, 1.54) is 12.1 Å². The van der Waals surface area contributed by atoms with Gasteiger partial charge in [-0.05, 0) is 29.4 Å². The first-order valence-corrected chi connectivity index (χ1v) is 15.4. The van der Waals surface area contributed by atoms with Crippen LogP contribution in [0.1, 0.15) is 38.7 Å². The molecule has 0 bridgehead atoms. The number of hydrogen-bond acceptors (Lipinski definition) is 11. The molecular weight excluding hydrogens is 644 g/mol. The van der Waals surface area contributed by atoms with Crippen molar-refractivity contribution in [3.05, 3.63) is 29.8 Å². The fourth-order valence-corrected chi connectivity index (χ4v) is 4.39. The standard InChI is InChI=1S/C28H40N6O10S2/c1-3-14(2)23(34-25(40)17(30-22(38)8-9-45)10-15-4-6-16(36)7-5-15)27(42)32-19(12-35)26(41)31-18(11-21(29)37)24(39)33-20(13-46)28(43)44/h4-7,12,14,17-20,23,36,45-46H,3,8-11,13H2,1-2H3,(H2,29,37)(H,30,38)(H,31,41)(H,32,42)(H,33,39)(H,34,40)(H,43,44)/t14-,17-,18-,19-,20-,23-/m0/s1. The maximum Gasteiger partial charge on any atom is 0.327 e. The van der Waals surface area contributed by atoms with Crippen LogP contribution < -0.4 is 32.3 Å². The first-order chi connectivity index (χ1) is 21.7. The van der Waals surface area contributed by atoms with Crippen LogP contribution in [0.4, 0.5) is 0 Å². The highest BCUT2D eigenvalue weighted by Gasteiger charge is 2.34. The molecule has 6 atom stereocenters. The molecule has 6 amide bonds. The van der Waals surface area contributed by atoms with Crippen LogP contribution in [0.5, 0.6) is 5.75 Å². The summed E-state index contributed by atoms with van der Waals surface area (Å²) in [5, 5.41) is 30.3. The van der Waals surface area contributed by atoms with Crippen molar-refractivity contribution in [2.75, 3.05) is 11.5 Å². The number of aliphatic carboxylic acids is 1. The maximum absolute atomic E-state index is 13.4. The molecule has 46 heavy (non-hydrogen) atoms. The third-order valence-corrected chi connectivity index (χ3v) is 7.30. The molecule has 1 rings (SSSR count). The number of aldehydes is 1. The Balaban J connectivity index is 3.16. The average molecular weight is 685 g/mol. The lowest BCUT2D eigenvalue weighted by Gasteiger charge is -2.28. The van der Waals surface area contributed by atoms with E-state index in [-0.39, 0.29) is 36.4 Å². The lowest BCUT2D eigenvalue weighted by atomic mass is 9.96. The molecule has 0 aliphatic rings. The number of rotatable bonds is 20.